The third kappa shape index (κ3) is 5.07. The van der Waals surface area contributed by atoms with Crippen molar-refractivity contribution in [1.29, 1.82) is 0 Å². The highest BCUT2D eigenvalue weighted by Crippen LogP contribution is 2.59. The number of rotatable bonds is 6. The van der Waals surface area contributed by atoms with Gasteiger partial charge in [0.05, 0.1) is 12.2 Å². The minimum absolute atomic E-state index is 0.458. The van der Waals surface area contributed by atoms with Gasteiger partial charge >= 0.3 is 0 Å². The fourth-order valence-corrected chi connectivity index (χ4v) is 6.69. The van der Waals surface area contributed by atoms with Crippen molar-refractivity contribution in [1.82, 2.24) is 0 Å². The van der Waals surface area contributed by atoms with Crippen LogP contribution in [0, 0.1) is 29.1 Å². The molecule has 29 heavy (non-hydrogen) atoms. The molecular weight excluding hydrogens is 356 g/mol. The van der Waals surface area contributed by atoms with E-state index >= 15 is 0 Å². The Bertz CT molecular complexity index is 627. The molecule has 0 aromatic rings. The van der Waals surface area contributed by atoms with Crippen LogP contribution in [-0.4, -0.2) is 22.4 Å². The van der Waals surface area contributed by atoms with Crippen molar-refractivity contribution in [2.45, 2.75) is 104 Å². The maximum atomic E-state index is 10.1. The third-order valence-corrected chi connectivity index (χ3v) is 8.47. The van der Waals surface area contributed by atoms with E-state index in [4.69, 9.17) is 0 Å². The molecule has 0 bridgehead atoms. The molecule has 0 saturated heterocycles. The van der Waals surface area contributed by atoms with Gasteiger partial charge in [0.2, 0.25) is 0 Å². The fourth-order valence-electron chi connectivity index (χ4n) is 6.69. The molecule has 0 aliphatic heterocycles. The Labute approximate surface area is 179 Å². The summed E-state index contributed by atoms with van der Waals surface area (Å²) in [4.78, 5) is 0. The minimum atomic E-state index is -0.595. The fraction of sp³-hybridized carbons (Fsp3) is 0.778. The Kier molecular flexibility index (Phi) is 7.49. The molecule has 0 radical (unpaired) electrons. The molecule has 2 N–H and O–H groups in total. The standard InChI is InChI=1S/C27H44O2/c1-18(2)8-6-9-19(3)23-13-14-24-22(10-7-15-27(23,24)5)12-11-21-16-25(28)20(4)26(29)17-21/h11-12,18-19,23-26,28-29H,4,6-10,13-17H2,1-3,5H3. The van der Waals surface area contributed by atoms with Crippen LogP contribution in [0.4, 0.5) is 0 Å². The van der Waals surface area contributed by atoms with Crippen molar-refractivity contribution < 1.29 is 10.2 Å². The quantitative estimate of drug-likeness (QED) is 0.494. The molecule has 3 aliphatic carbocycles. The maximum Gasteiger partial charge on any atom is 0.0809 e. The summed E-state index contributed by atoms with van der Waals surface area (Å²) < 4.78 is 0. The lowest BCUT2D eigenvalue weighted by Crippen LogP contribution is -2.36. The summed E-state index contributed by atoms with van der Waals surface area (Å²) >= 11 is 0. The average molecular weight is 401 g/mol. The number of hydrogen-bond acceptors (Lipinski definition) is 2. The predicted molar refractivity (Wildman–Crippen MR) is 123 cm³/mol. The van der Waals surface area contributed by atoms with E-state index in [0.717, 1.165) is 29.2 Å². The molecule has 6 atom stereocenters. The van der Waals surface area contributed by atoms with Gasteiger partial charge in [-0.25, -0.2) is 0 Å². The van der Waals surface area contributed by atoms with Crippen LogP contribution in [0.5, 0.6) is 0 Å². The molecule has 0 spiro atoms. The highest BCUT2D eigenvalue weighted by atomic mass is 16.3. The largest absolute Gasteiger partial charge is 0.388 e. The summed E-state index contributed by atoms with van der Waals surface area (Å²) in [6.07, 6.45) is 15.4. The highest BCUT2D eigenvalue weighted by Gasteiger charge is 2.50. The van der Waals surface area contributed by atoms with Crippen LogP contribution in [-0.2, 0) is 0 Å². The van der Waals surface area contributed by atoms with Crippen LogP contribution in [0.1, 0.15) is 91.9 Å². The molecular formula is C27H44O2. The molecule has 0 aromatic carbocycles. The van der Waals surface area contributed by atoms with Crippen molar-refractivity contribution in [2.75, 3.05) is 0 Å². The van der Waals surface area contributed by atoms with Gasteiger partial charge < -0.3 is 10.2 Å². The monoisotopic (exact) mass is 400 g/mol. The second-order valence-corrected chi connectivity index (χ2v) is 11.0. The first kappa shape index (κ1) is 22.8. The van der Waals surface area contributed by atoms with Gasteiger partial charge in [-0.15, -0.1) is 0 Å². The van der Waals surface area contributed by atoms with E-state index in [1.54, 1.807) is 5.57 Å². The molecule has 3 fully saturated rings. The number of hydrogen-bond donors (Lipinski definition) is 2. The highest BCUT2D eigenvalue weighted by molar-refractivity contribution is 5.29. The SMILES string of the molecule is C=C1C(O)CC(=CC=C2CCCC3(C)C2CCC3C(C)CCCC(C)C)CC1O. The van der Waals surface area contributed by atoms with Gasteiger partial charge in [0, 0.05) is 0 Å². The topological polar surface area (TPSA) is 40.5 Å². The number of allylic oxidation sites excluding steroid dienone is 3. The lowest BCUT2D eigenvalue weighted by Gasteiger charge is -2.44. The Morgan fingerprint density at radius 3 is 2.41 bits per heavy atom. The van der Waals surface area contributed by atoms with E-state index in [0.29, 0.717) is 23.8 Å². The third-order valence-electron chi connectivity index (χ3n) is 8.47. The number of aliphatic hydroxyl groups excluding tert-OH is 2. The van der Waals surface area contributed by atoms with Crippen LogP contribution < -0.4 is 0 Å². The van der Waals surface area contributed by atoms with Crippen molar-refractivity contribution in [3.63, 3.8) is 0 Å². The van der Waals surface area contributed by atoms with Crippen molar-refractivity contribution in [3.05, 3.63) is 35.5 Å². The van der Waals surface area contributed by atoms with Gasteiger partial charge in [-0.1, -0.05) is 76.8 Å². The Morgan fingerprint density at radius 2 is 1.76 bits per heavy atom. The van der Waals surface area contributed by atoms with Crippen LogP contribution in [0.3, 0.4) is 0 Å². The van der Waals surface area contributed by atoms with Crippen molar-refractivity contribution in [3.8, 4) is 0 Å². The zero-order chi connectivity index (χ0) is 21.2. The molecule has 164 valence electrons. The zero-order valence-electron chi connectivity index (χ0n) is 19.3. The smallest absolute Gasteiger partial charge is 0.0809 e. The second kappa shape index (κ2) is 9.52. The molecule has 2 nitrogen and oxygen atoms in total. The van der Waals surface area contributed by atoms with Gasteiger partial charge in [-0.05, 0) is 79.6 Å². The van der Waals surface area contributed by atoms with Crippen molar-refractivity contribution in [2.24, 2.45) is 29.1 Å². The van der Waals surface area contributed by atoms with Crippen LogP contribution in [0.25, 0.3) is 0 Å². The van der Waals surface area contributed by atoms with E-state index in [9.17, 15) is 10.2 Å². The summed E-state index contributed by atoms with van der Waals surface area (Å²) in [6, 6.07) is 0. The molecule has 3 rings (SSSR count). The van der Waals surface area contributed by atoms with Gasteiger partial charge in [0.25, 0.3) is 0 Å². The molecule has 2 heteroatoms. The molecule has 0 amide bonds. The second-order valence-electron chi connectivity index (χ2n) is 11.0. The van der Waals surface area contributed by atoms with E-state index in [1.165, 1.54) is 51.4 Å². The lowest BCUT2D eigenvalue weighted by atomic mass is 9.60. The molecule has 0 aromatic heterocycles. The van der Waals surface area contributed by atoms with Crippen LogP contribution in [0.2, 0.25) is 0 Å². The first-order valence-corrected chi connectivity index (χ1v) is 12.2. The Balaban J connectivity index is 1.68. The average Bonchev–Trinajstić information content (AvgIpc) is 3.01. The summed E-state index contributed by atoms with van der Waals surface area (Å²) in [6.45, 7) is 13.6. The van der Waals surface area contributed by atoms with Crippen LogP contribution in [0.15, 0.2) is 35.5 Å². The summed E-state index contributed by atoms with van der Waals surface area (Å²) in [5.74, 6) is 3.23. The molecule has 0 heterocycles. The normalized spacial score (nSPS) is 37.8. The van der Waals surface area contributed by atoms with Gasteiger partial charge in [0.1, 0.15) is 0 Å². The number of fused-ring (bicyclic) bond motifs is 1. The van der Waals surface area contributed by atoms with E-state index in [2.05, 4.69) is 46.4 Å². The summed E-state index contributed by atoms with van der Waals surface area (Å²) in [5, 5.41) is 20.3. The molecule has 3 saturated carbocycles. The first-order valence-electron chi connectivity index (χ1n) is 12.2. The van der Waals surface area contributed by atoms with E-state index in [1.807, 2.05) is 0 Å². The van der Waals surface area contributed by atoms with Gasteiger partial charge in [0.15, 0.2) is 0 Å². The van der Waals surface area contributed by atoms with Gasteiger partial charge in [-0.3, -0.25) is 0 Å². The summed E-state index contributed by atoms with van der Waals surface area (Å²) in [5.41, 5.74) is 3.81. The predicted octanol–water partition coefficient (Wildman–Crippen LogP) is 6.59. The van der Waals surface area contributed by atoms with Crippen molar-refractivity contribution >= 4 is 0 Å². The lowest BCUT2D eigenvalue weighted by molar-refractivity contribution is 0.0928. The van der Waals surface area contributed by atoms with E-state index in [-0.39, 0.29) is 0 Å². The number of aliphatic hydroxyl groups is 2. The molecule has 6 unspecified atom stereocenters. The zero-order valence-corrected chi connectivity index (χ0v) is 19.3. The van der Waals surface area contributed by atoms with Gasteiger partial charge in [-0.2, -0.15) is 0 Å². The summed E-state index contributed by atoms with van der Waals surface area (Å²) in [7, 11) is 0. The Morgan fingerprint density at radius 1 is 1.07 bits per heavy atom. The minimum Gasteiger partial charge on any atom is -0.388 e. The molecule has 3 aliphatic rings. The first-order chi connectivity index (χ1) is 13.7. The van der Waals surface area contributed by atoms with E-state index < -0.39 is 12.2 Å². The Hall–Kier alpha value is -0.860. The maximum absolute atomic E-state index is 10.1. The van der Waals surface area contributed by atoms with Crippen LogP contribution >= 0.6 is 0 Å².